The Kier molecular flexibility index (Phi) is 6.08. The molecule has 8 heteroatoms. The molecule has 1 aliphatic heterocycles. The zero-order valence-corrected chi connectivity index (χ0v) is 18.3. The number of anilines is 2. The van der Waals surface area contributed by atoms with Gasteiger partial charge in [-0.05, 0) is 31.0 Å². The largest absolute Gasteiger partial charge is 0.351 e. The van der Waals surface area contributed by atoms with E-state index in [9.17, 15) is 4.39 Å². The molecular weight excluding hydrogens is 411 g/mol. The number of hydrogen-bond acceptors (Lipinski definition) is 7. The molecule has 1 aromatic carbocycles. The van der Waals surface area contributed by atoms with Crippen LogP contribution in [0, 0.1) is 5.82 Å². The number of halogens is 1. The molecule has 6 nitrogen and oxygen atoms in total. The minimum absolute atomic E-state index is 0.262. The van der Waals surface area contributed by atoms with Crippen LogP contribution in [0.1, 0.15) is 32.1 Å². The topological polar surface area (TPSA) is 66.0 Å². The molecule has 1 aliphatic carbocycles. The number of rotatable bonds is 5. The quantitative estimate of drug-likeness (QED) is 0.609. The summed E-state index contributed by atoms with van der Waals surface area (Å²) in [6.45, 7) is 3.70. The van der Waals surface area contributed by atoms with Gasteiger partial charge in [-0.1, -0.05) is 42.7 Å². The van der Waals surface area contributed by atoms with Crippen LogP contribution in [-0.2, 0) is 0 Å². The van der Waals surface area contributed by atoms with Gasteiger partial charge in [-0.2, -0.15) is 0 Å². The highest BCUT2D eigenvalue weighted by Gasteiger charge is 2.22. The first kappa shape index (κ1) is 20.3. The zero-order chi connectivity index (χ0) is 21.0. The van der Waals surface area contributed by atoms with E-state index in [1.165, 1.54) is 25.3 Å². The smallest absolute Gasteiger partial charge is 0.223 e. The average Bonchev–Trinajstić information content (AvgIpc) is 3.26. The van der Waals surface area contributed by atoms with Crippen LogP contribution in [-0.4, -0.2) is 47.2 Å². The summed E-state index contributed by atoms with van der Waals surface area (Å²) in [6, 6.07) is 9.00. The van der Waals surface area contributed by atoms with Crippen molar-refractivity contribution in [3.63, 3.8) is 0 Å². The van der Waals surface area contributed by atoms with Crippen LogP contribution >= 0.6 is 11.3 Å². The summed E-state index contributed by atoms with van der Waals surface area (Å²) in [4.78, 5) is 17.5. The van der Waals surface area contributed by atoms with E-state index in [-0.39, 0.29) is 5.82 Å². The van der Waals surface area contributed by atoms with Crippen LogP contribution in [0.5, 0.6) is 0 Å². The van der Waals surface area contributed by atoms with Crippen molar-refractivity contribution in [2.45, 2.75) is 38.1 Å². The molecule has 5 rings (SSSR count). The normalized spacial score (nSPS) is 17.6. The Balaban J connectivity index is 1.51. The predicted octanol–water partition coefficient (Wildman–Crippen LogP) is 4.56. The SMILES string of the molecule is Fc1cccc(-c2nc(N3CCNCC3)sc2-c2ccnc(NC3CCCCC3)n2)c1. The van der Waals surface area contributed by atoms with Crippen LogP contribution < -0.4 is 15.5 Å². The summed E-state index contributed by atoms with van der Waals surface area (Å²) in [5, 5.41) is 7.85. The fraction of sp³-hybridized carbons (Fsp3) is 0.435. The summed E-state index contributed by atoms with van der Waals surface area (Å²) in [7, 11) is 0. The molecule has 0 amide bonds. The Morgan fingerprint density at radius 3 is 2.71 bits per heavy atom. The van der Waals surface area contributed by atoms with E-state index in [1.54, 1.807) is 29.7 Å². The second-order valence-electron chi connectivity index (χ2n) is 8.17. The second kappa shape index (κ2) is 9.28. The molecule has 0 unspecified atom stereocenters. The van der Waals surface area contributed by atoms with E-state index in [1.807, 2.05) is 12.1 Å². The maximum atomic E-state index is 14.0. The van der Waals surface area contributed by atoms with Gasteiger partial charge < -0.3 is 15.5 Å². The number of hydrogen-bond donors (Lipinski definition) is 2. The van der Waals surface area contributed by atoms with Crippen molar-refractivity contribution in [3.05, 3.63) is 42.3 Å². The number of benzene rings is 1. The first-order valence-electron chi connectivity index (χ1n) is 11.1. The van der Waals surface area contributed by atoms with Crippen molar-refractivity contribution in [1.82, 2.24) is 20.3 Å². The highest BCUT2D eigenvalue weighted by Crippen LogP contribution is 2.40. The van der Waals surface area contributed by atoms with Crippen molar-refractivity contribution >= 4 is 22.4 Å². The van der Waals surface area contributed by atoms with E-state index in [0.717, 1.165) is 66.0 Å². The Morgan fingerprint density at radius 2 is 1.90 bits per heavy atom. The molecule has 0 bridgehead atoms. The van der Waals surface area contributed by atoms with E-state index >= 15 is 0 Å². The molecule has 0 radical (unpaired) electrons. The van der Waals surface area contributed by atoms with Gasteiger partial charge in [-0.3, -0.25) is 0 Å². The van der Waals surface area contributed by atoms with Crippen molar-refractivity contribution in [2.75, 3.05) is 36.4 Å². The van der Waals surface area contributed by atoms with Crippen molar-refractivity contribution in [3.8, 4) is 21.8 Å². The van der Waals surface area contributed by atoms with Crippen LogP contribution in [0.25, 0.3) is 21.8 Å². The highest BCUT2D eigenvalue weighted by atomic mass is 32.1. The molecule has 3 heterocycles. The van der Waals surface area contributed by atoms with Crippen molar-refractivity contribution < 1.29 is 4.39 Å². The fourth-order valence-corrected chi connectivity index (χ4v) is 5.40. The Hall–Kier alpha value is -2.58. The van der Waals surface area contributed by atoms with Gasteiger partial charge in [-0.15, -0.1) is 0 Å². The number of piperazine rings is 1. The standard InChI is InChI=1S/C23H27FN6S/c24-17-6-4-5-16(15-17)20-21(31-23(29-20)30-13-11-25-12-14-30)19-9-10-26-22(28-19)27-18-7-2-1-3-8-18/h4-6,9-10,15,18,25H,1-3,7-8,11-14H2,(H,26,27,28). The van der Waals surface area contributed by atoms with Crippen LogP contribution in [0.3, 0.4) is 0 Å². The monoisotopic (exact) mass is 438 g/mol. The van der Waals surface area contributed by atoms with E-state index in [2.05, 4.69) is 20.5 Å². The molecule has 1 saturated carbocycles. The first-order valence-corrected chi connectivity index (χ1v) is 11.9. The van der Waals surface area contributed by atoms with Crippen LogP contribution in [0.4, 0.5) is 15.5 Å². The Bertz CT molecular complexity index is 1030. The molecule has 1 saturated heterocycles. The lowest BCUT2D eigenvalue weighted by molar-refractivity contribution is 0.461. The molecule has 162 valence electrons. The third-order valence-electron chi connectivity index (χ3n) is 5.93. The maximum Gasteiger partial charge on any atom is 0.223 e. The lowest BCUT2D eigenvalue weighted by atomic mass is 9.96. The van der Waals surface area contributed by atoms with Gasteiger partial charge in [0.15, 0.2) is 5.13 Å². The number of aromatic nitrogens is 3. The molecular formula is C23H27FN6S. The highest BCUT2D eigenvalue weighted by molar-refractivity contribution is 7.19. The second-order valence-corrected chi connectivity index (χ2v) is 9.14. The Labute approximate surface area is 186 Å². The maximum absolute atomic E-state index is 14.0. The van der Waals surface area contributed by atoms with E-state index in [0.29, 0.717) is 12.0 Å². The molecule has 2 fully saturated rings. The summed E-state index contributed by atoms with van der Waals surface area (Å²) in [5.74, 6) is 0.397. The third-order valence-corrected chi connectivity index (χ3v) is 7.07. The summed E-state index contributed by atoms with van der Waals surface area (Å²) in [5.41, 5.74) is 2.37. The van der Waals surface area contributed by atoms with E-state index < -0.39 is 0 Å². The van der Waals surface area contributed by atoms with Gasteiger partial charge in [0.25, 0.3) is 0 Å². The molecule has 2 N–H and O–H groups in total. The van der Waals surface area contributed by atoms with Crippen LogP contribution in [0.2, 0.25) is 0 Å². The van der Waals surface area contributed by atoms with Gasteiger partial charge in [0.1, 0.15) is 5.82 Å². The Morgan fingerprint density at radius 1 is 1.06 bits per heavy atom. The summed E-state index contributed by atoms with van der Waals surface area (Å²) < 4.78 is 14.0. The van der Waals surface area contributed by atoms with E-state index in [4.69, 9.17) is 9.97 Å². The van der Waals surface area contributed by atoms with Gasteiger partial charge in [0.05, 0.1) is 16.3 Å². The zero-order valence-electron chi connectivity index (χ0n) is 17.5. The molecule has 2 aliphatic rings. The minimum atomic E-state index is -0.262. The first-order chi connectivity index (χ1) is 15.3. The summed E-state index contributed by atoms with van der Waals surface area (Å²) in [6.07, 6.45) is 7.94. The van der Waals surface area contributed by atoms with Crippen LogP contribution in [0.15, 0.2) is 36.5 Å². The number of thiazole rings is 1. The van der Waals surface area contributed by atoms with Gasteiger partial charge in [0.2, 0.25) is 5.95 Å². The third kappa shape index (κ3) is 4.70. The molecule has 3 aromatic rings. The molecule has 31 heavy (non-hydrogen) atoms. The number of nitrogens with zero attached hydrogens (tertiary/aromatic N) is 4. The van der Waals surface area contributed by atoms with Crippen molar-refractivity contribution in [2.24, 2.45) is 0 Å². The molecule has 0 spiro atoms. The molecule has 2 aromatic heterocycles. The van der Waals surface area contributed by atoms with Crippen molar-refractivity contribution in [1.29, 1.82) is 0 Å². The van der Waals surface area contributed by atoms with Gasteiger partial charge in [0, 0.05) is 44.0 Å². The predicted molar refractivity (Wildman–Crippen MR) is 124 cm³/mol. The lowest BCUT2D eigenvalue weighted by Gasteiger charge is -2.26. The summed E-state index contributed by atoms with van der Waals surface area (Å²) >= 11 is 1.62. The fourth-order valence-electron chi connectivity index (χ4n) is 4.29. The number of nitrogens with one attached hydrogen (secondary N) is 2. The van der Waals surface area contributed by atoms with Gasteiger partial charge in [-0.25, -0.2) is 19.3 Å². The average molecular weight is 439 g/mol. The van der Waals surface area contributed by atoms with Gasteiger partial charge >= 0.3 is 0 Å². The molecule has 0 atom stereocenters. The lowest BCUT2D eigenvalue weighted by Crippen LogP contribution is -2.43. The minimum Gasteiger partial charge on any atom is -0.351 e.